The highest BCUT2D eigenvalue weighted by atomic mass is 35.5. The van der Waals surface area contributed by atoms with Crippen molar-refractivity contribution >= 4 is 45.0 Å². The van der Waals surface area contributed by atoms with Crippen molar-refractivity contribution in [2.75, 3.05) is 0 Å². The molecule has 0 saturated carbocycles. The Morgan fingerprint density at radius 2 is 1.60 bits per heavy atom. The van der Waals surface area contributed by atoms with Crippen LogP contribution in [0.15, 0.2) is 48.8 Å². The molecule has 128 valence electrons. The number of aryl methyl sites for hydroxylation is 1. The van der Waals surface area contributed by atoms with E-state index in [-0.39, 0.29) is 0 Å². The van der Waals surface area contributed by atoms with Crippen LogP contribution in [0.5, 0.6) is 0 Å². The Morgan fingerprint density at radius 1 is 1.00 bits per heavy atom. The molecule has 0 aliphatic rings. The number of aliphatic hydroxyl groups is 1. The number of hydrogen-bond donors (Lipinski definition) is 1. The molecule has 0 fully saturated rings. The molecule has 4 aromatic rings. The predicted octanol–water partition coefficient (Wildman–Crippen LogP) is 4.67. The first kappa shape index (κ1) is 16.5. The molecule has 0 bridgehead atoms. The first-order chi connectivity index (χ1) is 12.0. The molecule has 1 atom stereocenters. The molecule has 1 unspecified atom stereocenters. The molecule has 0 aliphatic carbocycles. The molecule has 25 heavy (non-hydrogen) atoms. The van der Waals surface area contributed by atoms with Crippen molar-refractivity contribution in [1.82, 2.24) is 14.1 Å². The maximum absolute atomic E-state index is 10.6. The molecule has 4 rings (SSSR count). The minimum atomic E-state index is -0.543. The van der Waals surface area contributed by atoms with E-state index in [4.69, 9.17) is 23.2 Å². The fourth-order valence-electron chi connectivity index (χ4n) is 3.34. The molecule has 4 nitrogen and oxygen atoms in total. The monoisotopic (exact) mass is 373 g/mol. The summed E-state index contributed by atoms with van der Waals surface area (Å²) in [5.74, 6) is 0.889. The van der Waals surface area contributed by atoms with Crippen LogP contribution >= 0.6 is 23.2 Å². The molecule has 0 spiro atoms. The maximum atomic E-state index is 10.6. The second-order valence-corrected chi connectivity index (χ2v) is 7.09. The fraction of sp³-hybridized carbons (Fsp3) is 0.211. The van der Waals surface area contributed by atoms with E-state index >= 15 is 0 Å². The number of fused-ring (bicyclic) bond motifs is 3. The number of imidazole rings is 1. The van der Waals surface area contributed by atoms with Gasteiger partial charge in [0, 0.05) is 44.2 Å². The summed E-state index contributed by atoms with van der Waals surface area (Å²) in [6.07, 6.45) is 3.08. The Morgan fingerprint density at radius 3 is 2.12 bits per heavy atom. The van der Waals surface area contributed by atoms with E-state index in [1.807, 2.05) is 54.1 Å². The van der Waals surface area contributed by atoms with Crippen molar-refractivity contribution in [2.45, 2.75) is 26.1 Å². The second kappa shape index (κ2) is 6.37. The summed E-state index contributed by atoms with van der Waals surface area (Å²) in [5, 5.41) is 14.1. The third-order valence-corrected chi connectivity index (χ3v) is 4.98. The molecule has 0 radical (unpaired) electrons. The van der Waals surface area contributed by atoms with Gasteiger partial charge >= 0.3 is 0 Å². The summed E-state index contributed by atoms with van der Waals surface area (Å²) in [7, 11) is 0. The lowest BCUT2D eigenvalue weighted by Crippen LogP contribution is -2.22. The van der Waals surface area contributed by atoms with E-state index in [2.05, 4.69) is 9.55 Å². The van der Waals surface area contributed by atoms with Crippen molar-refractivity contribution < 1.29 is 5.11 Å². The van der Waals surface area contributed by atoms with E-state index < -0.39 is 6.10 Å². The van der Waals surface area contributed by atoms with Gasteiger partial charge in [-0.3, -0.25) is 0 Å². The van der Waals surface area contributed by atoms with Crippen LogP contribution in [0.1, 0.15) is 5.82 Å². The zero-order valence-electron chi connectivity index (χ0n) is 13.7. The molecule has 2 aromatic carbocycles. The molecule has 1 N–H and O–H groups in total. The predicted molar refractivity (Wildman–Crippen MR) is 102 cm³/mol. The Hall–Kier alpha value is -2.01. The van der Waals surface area contributed by atoms with Crippen LogP contribution in [0.25, 0.3) is 21.8 Å². The zero-order valence-corrected chi connectivity index (χ0v) is 15.2. The third kappa shape index (κ3) is 3.01. The quantitative estimate of drug-likeness (QED) is 0.564. The van der Waals surface area contributed by atoms with Crippen molar-refractivity contribution in [2.24, 2.45) is 0 Å². The second-order valence-electron chi connectivity index (χ2n) is 6.21. The van der Waals surface area contributed by atoms with Gasteiger partial charge in [-0.1, -0.05) is 23.2 Å². The molecular weight excluding hydrogens is 357 g/mol. The Labute approximate surface area is 155 Å². The van der Waals surface area contributed by atoms with E-state index in [0.29, 0.717) is 23.1 Å². The summed E-state index contributed by atoms with van der Waals surface area (Å²) in [4.78, 5) is 4.20. The largest absolute Gasteiger partial charge is 0.389 e. The van der Waals surface area contributed by atoms with Gasteiger partial charge in [-0.15, -0.1) is 0 Å². The van der Waals surface area contributed by atoms with Gasteiger partial charge in [-0.05, 0) is 43.3 Å². The highest BCUT2D eigenvalue weighted by Gasteiger charge is 2.15. The molecule has 6 heteroatoms. The average Bonchev–Trinajstić information content (AvgIpc) is 3.10. The molecule has 0 amide bonds. The fourth-order valence-corrected chi connectivity index (χ4v) is 3.68. The number of rotatable bonds is 4. The number of aromatic nitrogens is 3. The number of halogens is 2. The first-order valence-corrected chi connectivity index (χ1v) is 8.81. The zero-order chi connectivity index (χ0) is 17.6. The number of aliphatic hydroxyl groups excluding tert-OH is 1. The summed E-state index contributed by atoms with van der Waals surface area (Å²) >= 11 is 12.4. The van der Waals surface area contributed by atoms with Crippen LogP contribution in [0.2, 0.25) is 10.0 Å². The Balaban J connectivity index is 1.78. The lowest BCUT2D eigenvalue weighted by atomic mass is 10.1. The number of nitrogens with zero attached hydrogens (tertiary/aromatic N) is 3. The Kier molecular flexibility index (Phi) is 4.20. The topological polar surface area (TPSA) is 43.0 Å². The lowest BCUT2D eigenvalue weighted by molar-refractivity contribution is 0.136. The molecule has 0 aliphatic heterocycles. The highest BCUT2D eigenvalue weighted by molar-refractivity contribution is 6.33. The van der Waals surface area contributed by atoms with Gasteiger partial charge in [0.25, 0.3) is 0 Å². The van der Waals surface area contributed by atoms with Gasteiger partial charge in [0.15, 0.2) is 0 Å². The first-order valence-electron chi connectivity index (χ1n) is 8.06. The van der Waals surface area contributed by atoms with Crippen LogP contribution in [-0.4, -0.2) is 25.3 Å². The lowest BCUT2D eigenvalue weighted by Gasteiger charge is -2.15. The SMILES string of the molecule is Cc1nccn1CC(O)Cn1c2ccc(Cl)cc2c2cc(Cl)ccc21. The van der Waals surface area contributed by atoms with Gasteiger partial charge in [-0.2, -0.15) is 0 Å². The minimum absolute atomic E-state index is 0.473. The maximum Gasteiger partial charge on any atom is 0.105 e. The van der Waals surface area contributed by atoms with Gasteiger partial charge in [0.2, 0.25) is 0 Å². The number of benzene rings is 2. The summed E-state index contributed by atoms with van der Waals surface area (Å²) in [6, 6.07) is 11.6. The van der Waals surface area contributed by atoms with Crippen LogP contribution in [0.4, 0.5) is 0 Å². The molecule has 2 heterocycles. The van der Waals surface area contributed by atoms with E-state index in [1.165, 1.54) is 0 Å². The average molecular weight is 374 g/mol. The van der Waals surface area contributed by atoms with Gasteiger partial charge in [0.05, 0.1) is 19.2 Å². The van der Waals surface area contributed by atoms with Crippen LogP contribution < -0.4 is 0 Å². The normalized spacial score (nSPS) is 13.0. The highest BCUT2D eigenvalue weighted by Crippen LogP contribution is 2.33. The van der Waals surface area contributed by atoms with Crippen LogP contribution in [0.3, 0.4) is 0 Å². The minimum Gasteiger partial charge on any atom is -0.389 e. The smallest absolute Gasteiger partial charge is 0.105 e. The van der Waals surface area contributed by atoms with Crippen molar-refractivity contribution in [1.29, 1.82) is 0 Å². The molecular formula is C19H17Cl2N3O. The van der Waals surface area contributed by atoms with Crippen LogP contribution in [0, 0.1) is 6.92 Å². The summed E-state index contributed by atoms with van der Waals surface area (Å²) in [6.45, 7) is 2.90. The van der Waals surface area contributed by atoms with Gasteiger partial charge in [0.1, 0.15) is 5.82 Å². The summed E-state index contributed by atoms with van der Waals surface area (Å²) < 4.78 is 4.07. The van der Waals surface area contributed by atoms with Crippen molar-refractivity contribution in [3.05, 3.63) is 64.7 Å². The van der Waals surface area contributed by atoms with E-state index in [1.54, 1.807) is 6.20 Å². The number of hydrogen-bond acceptors (Lipinski definition) is 2. The van der Waals surface area contributed by atoms with Crippen molar-refractivity contribution in [3.63, 3.8) is 0 Å². The molecule has 2 aromatic heterocycles. The van der Waals surface area contributed by atoms with Crippen molar-refractivity contribution in [3.8, 4) is 0 Å². The standard InChI is InChI=1S/C19H17Cl2N3O/c1-12-22-6-7-23(12)10-15(25)11-24-18-4-2-13(20)8-16(18)17-9-14(21)3-5-19(17)24/h2-9,15,25H,10-11H2,1H3. The molecule has 0 saturated heterocycles. The van der Waals surface area contributed by atoms with Gasteiger partial charge < -0.3 is 14.2 Å². The third-order valence-electron chi connectivity index (χ3n) is 4.51. The van der Waals surface area contributed by atoms with E-state index in [9.17, 15) is 5.11 Å². The summed E-state index contributed by atoms with van der Waals surface area (Å²) in [5.41, 5.74) is 2.06. The van der Waals surface area contributed by atoms with Crippen LogP contribution in [-0.2, 0) is 13.1 Å². The van der Waals surface area contributed by atoms with E-state index in [0.717, 1.165) is 27.6 Å². The van der Waals surface area contributed by atoms with Gasteiger partial charge in [-0.25, -0.2) is 4.98 Å². The Bertz CT molecular complexity index is 1010.